The Morgan fingerprint density at radius 3 is 2.54 bits per heavy atom. The van der Waals surface area contributed by atoms with E-state index in [0.29, 0.717) is 34.7 Å². The molecule has 1 heterocycles. The average Bonchev–Trinajstić information content (AvgIpc) is 3.06. The highest BCUT2D eigenvalue weighted by molar-refractivity contribution is 9.10. The Hall–Kier alpha value is -2.38. The molecule has 1 aromatic heterocycles. The van der Waals surface area contributed by atoms with Gasteiger partial charge in [-0.3, -0.25) is 4.79 Å². The molecular weight excluding hydrogens is 442 g/mol. The van der Waals surface area contributed by atoms with Crippen LogP contribution in [0.1, 0.15) is 36.2 Å². The molecular formula is C21H20BrNO4S. The molecule has 1 N–H and O–H groups in total. The van der Waals surface area contributed by atoms with E-state index < -0.39 is 5.97 Å². The Bertz CT molecular complexity index is 1000. The first-order valence-electron chi connectivity index (χ1n) is 8.93. The zero-order valence-electron chi connectivity index (χ0n) is 15.6. The van der Waals surface area contributed by atoms with Crippen LogP contribution in [0.25, 0.3) is 10.1 Å². The van der Waals surface area contributed by atoms with Gasteiger partial charge in [-0.25, -0.2) is 4.79 Å². The third-order valence-corrected chi connectivity index (χ3v) is 5.79. The number of nitrogens with one attached hydrogen (secondary N) is 1. The maximum Gasteiger partial charge on any atom is 0.341 e. The third kappa shape index (κ3) is 4.36. The van der Waals surface area contributed by atoms with Gasteiger partial charge in [0.05, 0.1) is 15.8 Å². The molecule has 7 heteroatoms. The summed E-state index contributed by atoms with van der Waals surface area (Å²) in [7, 11) is 0. The van der Waals surface area contributed by atoms with Gasteiger partial charge < -0.3 is 14.8 Å². The fourth-order valence-corrected chi connectivity index (χ4v) is 4.47. The van der Waals surface area contributed by atoms with Crippen LogP contribution in [-0.4, -0.2) is 18.5 Å². The molecule has 0 atom stereocenters. The van der Waals surface area contributed by atoms with Crippen LogP contribution in [0.3, 0.4) is 0 Å². The number of anilines is 1. The van der Waals surface area contributed by atoms with Gasteiger partial charge in [-0.05, 0) is 34.5 Å². The number of benzene rings is 2. The van der Waals surface area contributed by atoms with Gasteiger partial charge in [-0.2, -0.15) is 0 Å². The first-order chi connectivity index (χ1) is 13.5. The molecule has 3 rings (SSSR count). The van der Waals surface area contributed by atoms with Crippen molar-refractivity contribution in [2.45, 2.75) is 26.9 Å². The summed E-state index contributed by atoms with van der Waals surface area (Å²) in [6.45, 7) is 4.16. The zero-order chi connectivity index (χ0) is 20.1. The molecule has 5 nitrogen and oxygen atoms in total. The molecule has 0 bridgehead atoms. The van der Waals surface area contributed by atoms with Crippen LogP contribution in [0.15, 0.2) is 46.9 Å². The van der Waals surface area contributed by atoms with Crippen LogP contribution >= 0.6 is 27.3 Å². The number of rotatable bonds is 7. The van der Waals surface area contributed by atoms with Crippen molar-refractivity contribution in [2.75, 3.05) is 11.9 Å². The van der Waals surface area contributed by atoms with Crippen LogP contribution in [0.4, 0.5) is 5.00 Å². The highest BCUT2D eigenvalue weighted by Gasteiger charge is 2.24. The summed E-state index contributed by atoms with van der Waals surface area (Å²) >= 11 is 4.85. The van der Waals surface area contributed by atoms with Gasteiger partial charge in [0.15, 0.2) is 5.75 Å². The second-order valence-corrected chi connectivity index (χ2v) is 7.83. The SMILES string of the molecule is CCOC(=O)c1c(NC(=O)CC)sc2c(OCc3ccccc3)c(Br)ccc12. The number of carbonyl (C=O) groups excluding carboxylic acids is 2. The topological polar surface area (TPSA) is 64.6 Å². The van der Waals surface area contributed by atoms with Crippen LogP contribution in [0.2, 0.25) is 0 Å². The van der Waals surface area contributed by atoms with Crippen LogP contribution in [-0.2, 0) is 16.1 Å². The van der Waals surface area contributed by atoms with E-state index in [4.69, 9.17) is 9.47 Å². The van der Waals surface area contributed by atoms with Gasteiger partial charge in [-0.1, -0.05) is 43.3 Å². The van der Waals surface area contributed by atoms with Gasteiger partial charge in [0, 0.05) is 11.8 Å². The number of ether oxygens (including phenoxy) is 2. The highest BCUT2D eigenvalue weighted by atomic mass is 79.9. The number of amides is 1. The smallest absolute Gasteiger partial charge is 0.341 e. The van der Waals surface area contributed by atoms with Gasteiger partial charge in [-0.15, -0.1) is 11.3 Å². The molecule has 28 heavy (non-hydrogen) atoms. The normalized spacial score (nSPS) is 10.7. The van der Waals surface area contributed by atoms with Crippen molar-refractivity contribution in [1.82, 2.24) is 0 Å². The largest absolute Gasteiger partial charge is 0.486 e. The molecule has 0 saturated carbocycles. The molecule has 0 aliphatic rings. The Balaban J connectivity index is 2.06. The molecule has 0 aliphatic heterocycles. The molecule has 0 radical (unpaired) electrons. The summed E-state index contributed by atoms with van der Waals surface area (Å²) in [4.78, 5) is 24.5. The Morgan fingerprint density at radius 1 is 1.11 bits per heavy atom. The quantitative estimate of drug-likeness (QED) is 0.453. The van der Waals surface area contributed by atoms with Gasteiger partial charge in [0.25, 0.3) is 0 Å². The van der Waals surface area contributed by atoms with Crippen LogP contribution in [0, 0.1) is 0 Å². The maximum atomic E-state index is 12.6. The number of carbonyl (C=O) groups is 2. The number of hydrogen-bond acceptors (Lipinski definition) is 5. The monoisotopic (exact) mass is 461 g/mol. The molecule has 146 valence electrons. The fraction of sp³-hybridized carbons (Fsp3) is 0.238. The summed E-state index contributed by atoms with van der Waals surface area (Å²) in [5.74, 6) is 0.00769. The lowest BCUT2D eigenvalue weighted by Crippen LogP contribution is -2.12. The molecule has 2 aromatic carbocycles. The summed E-state index contributed by atoms with van der Waals surface area (Å²) in [6.07, 6.45) is 0.317. The Morgan fingerprint density at radius 2 is 1.86 bits per heavy atom. The first kappa shape index (κ1) is 20.4. The molecule has 1 amide bonds. The van der Waals surface area contributed by atoms with Crippen LogP contribution in [0.5, 0.6) is 5.75 Å². The minimum absolute atomic E-state index is 0.164. The van der Waals surface area contributed by atoms with Crippen molar-refractivity contribution in [3.63, 3.8) is 0 Å². The number of fused-ring (bicyclic) bond motifs is 1. The highest BCUT2D eigenvalue weighted by Crippen LogP contribution is 2.44. The van der Waals surface area contributed by atoms with Crippen molar-refractivity contribution in [1.29, 1.82) is 0 Å². The van der Waals surface area contributed by atoms with Crippen molar-refractivity contribution >= 4 is 54.2 Å². The predicted octanol–water partition coefficient (Wildman–Crippen LogP) is 5.77. The molecule has 0 fully saturated rings. The Labute approximate surface area is 175 Å². The van der Waals surface area contributed by atoms with Gasteiger partial charge in [0.2, 0.25) is 5.91 Å². The second kappa shape index (κ2) is 9.21. The number of hydrogen-bond donors (Lipinski definition) is 1. The van der Waals surface area contributed by atoms with E-state index in [9.17, 15) is 9.59 Å². The summed E-state index contributed by atoms with van der Waals surface area (Å²) in [5.41, 5.74) is 1.40. The predicted molar refractivity (Wildman–Crippen MR) is 115 cm³/mol. The van der Waals surface area contributed by atoms with Crippen molar-refractivity contribution in [3.05, 3.63) is 58.1 Å². The zero-order valence-corrected chi connectivity index (χ0v) is 18.0. The summed E-state index contributed by atoms with van der Waals surface area (Å²) < 4.78 is 12.8. The number of thiophene rings is 1. The standard InChI is InChI=1S/C21H20BrNO4S/c1-3-16(24)23-20-17(21(25)26-4-2)14-10-11-15(22)18(19(14)28-20)27-12-13-8-6-5-7-9-13/h5-11H,3-4,12H2,1-2H3,(H,23,24). The minimum atomic E-state index is -0.462. The minimum Gasteiger partial charge on any atom is -0.486 e. The van der Waals surface area contributed by atoms with Gasteiger partial charge in [0.1, 0.15) is 17.2 Å². The lowest BCUT2D eigenvalue weighted by molar-refractivity contribution is -0.115. The molecule has 0 aliphatic carbocycles. The van der Waals surface area contributed by atoms with Gasteiger partial charge >= 0.3 is 5.97 Å². The molecule has 0 spiro atoms. The van der Waals surface area contributed by atoms with Crippen molar-refractivity contribution in [2.24, 2.45) is 0 Å². The van der Waals surface area contributed by atoms with E-state index in [1.807, 2.05) is 42.5 Å². The lowest BCUT2D eigenvalue weighted by Gasteiger charge is -2.10. The second-order valence-electron chi connectivity index (χ2n) is 5.96. The van der Waals surface area contributed by atoms with E-state index in [0.717, 1.165) is 14.7 Å². The third-order valence-electron chi connectivity index (χ3n) is 4.04. The molecule has 0 saturated heterocycles. The van der Waals surface area contributed by atoms with E-state index >= 15 is 0 Å². The Kier molecular flexibility index (Phi) is 6.70. The average molecular weight is 462 g/mol. The lowest BCUT2D eigenvalue weighted by atomic mass is 10.1. The molecule has 0 unspecified atom stereocenters. The summed E-state index contributed by atoms with van der Waals surface area (Å²) in [5, 5.41) is 3.99. The van der Waals surface area contributed by atoms with Crippen LogP contribution < -0.4 is 10.1 Å². The van der Waals surface area contributed by atoms with Crippen molar-refractivity contribution < 1.29 is 19.1 Å². The van der Waals surface area contributed by atoms with Crippen molar-refractivity contribution in [3.8, 4) is 5.75 Å². The van der Waals surface area contributed by atoms with E-state index in [-0.39, 0.29) is 12.5 Å². The first-order valence-corrected chi connectivity index (χ1v) is 10.5. The van der Waals surface area contributed by atoms with E-state index in [2.05, 4.69) is 21.2 Å². The van der Waals surface area contributed by atoms with E-state index in [1.54, 1.807) is 13.8 Å². The maximum absolute atomic E-state index is 12.6. The number of esters is 1. The number of halogens is 1. The fourth-order valence-electron chi connectivity index (χ4n) is 2.69. The molecule has 3 aromatic rings. The van der Waals surface area contributed by atoms with E-state index in [1.165, 1.54) is 11.3 Å². The summed E-state index contributed by atoms with van der Waals surface area (Å²) in [6, 6.07) is 13.5.